The molecule has 0 aliphatic carbocycles. The van der Waals surface area contributed by atoms with Crippen LogP contribution in [0.2, 0.25) is 0 Å². The quantitative estimate of drug-likeness (QED) is 0.100. The topological polar surface area (TPSA) is 201 Å². The van der Waals surface area contributed by atoms with Crippen LogP contribution in [0.1, 0.15) is 11.4 Å². The van der Waals surface area contributed by atoms with Crippen LogP contribution in [0.3, 0.4) is 0 Å². The van der Waals surface area contributed by atoms with E-state index >= 15 is 0 Å². The Morgan fingerprint density at radius 3 is 2.10 bits per heavy atom. The Morgan fingerprint density at radius 1 is 0.872 bits per heavy atom. The number of aromatic nitrogens is 3. The maximum Gasteiger partial charge on any atom is 0.397 e. The molecule has 0 aliphatic rings. The second-order valence-electron chi connectivity index (χ2n) is 8.16. The molecule has 16 heteroatoms. The Bertz CT molecular complexity index is 1750. The van der Waals surface area contributed by atoms with Gasteiger partial charge in [-0.05, 0) is 67.8 Å². The zero-order valence-electron chi connectivity index (χ0n) is 20.5. The van der Waals surface area contributed by atoms with Crippen molar-refractivity contribution in [2.75, 3.05) is 23.0 Å². The van der Waals surface area contributed by atoms with Gasteiger partial charge in [-0.25, -0.2) is 4.18 Å². The van der Waals surface area contributed by atoms with Crippen molar-refractivity contribution in [3.05, 3.63) is 59.9 Å². The summed E-state index contributed by atoms with van der Waals surface area (Å²) in [6, 6.07) is 13.3. The molecule has 0 saturated carbocycles. The number of phenols is 1. The molecule has 206 valence electrons. The van der Waals surface area contributed by atoms with E-state index in [2.05, 4.69) is 29.8 Å². The SMILES string of the molecule is Cc1nc(Nc2ccc(SCCOS(=O)(=O)O)cc2)nc(Nc2ccc3c(O)c(C)c(S(=O)(=O)O)cc3c2)n1. The number of anilines is 4. The van der Waals surface area contributed by atoms with E-state index in [1.807, 2.05) is 0 Å². The third-order valence-electron chi connectivity index (χ3n) is 5.29. The van der Waals surface area contributed by atoms with Gasteiger partial charge in [0.1, 0.15) is 16.5 Å². The molecule has 0 atom stereocenters. The Hall–Kier alpha value is -3.54. The largest absolute Gasteiger partial charge is 0.507 e. The molecule has 4 aromatic rings. The number of aromatic hydroxyl groups is 1. The van der Waals surface area contributed by atoms with Gasteiger partial charge in [0.05, 0.1) is 6.61 Å². The number of thioether (sulfide) groups is 1. The minimum atomic E-state index is -4.53. The Balaban J connectivity index is 1.49. The van der Waals surface area contributed by atoms with Crippen LogP contribution in [-0.4, -0.2) is 58.4 Å². The average molecular weight is 594 g/mol. The zero-order valence-corrected chi connectivity index (χ0v) is 22.9. The first-order valence-corrected chi connectivity index (χ1v) is 14.9. The Morgan fingerprint density at radius 2 is 1.49 bits per heavy atom. The lowest BCUT2D eigenvalue weighted by Crippen LogP contribution is -2.06. The number of aryl methyl sites for hydroxylation is 1. The summed E-state index contributed by atoms with van der Waals surface area (Å²) in [7, 11) is -8.99. The van der Waals surface area contributed by atoms with Gasteiger partial charge in [0.2, 0.25) is 11.9 Å². The van der Waals surface area contributed by atoms with Gasteiger partial charge in [0.15, 0.2) is 0 Å². The lowest BCUT2D eigenvalue weighted by molar-refractivity contribution is 0.285. The number of benzene rings is 3. The van der Waals surface area contributed by atoms with Gasteiger partial charge in [-0.15, -0.1) is 11.8 Å². The summed E-state index contributed by atoms with van der Waals surface area (Å²) in [5, 5.41) is 17.3. The molecule has 0 unspecified atom stereocenters. The van der Waals surface area contributed by atoms with E-state index in [1.165, 1.54) is 24.8 Å². The molecular formula is C23H23N5O8S3. The molecule has 0 fully saturated rings. The van der Waals surface area contributed by atoms with Crippen molar-refractivity contribution in [1.29, 1.82) is 0 Å². The number of nitrogens with one attached hydrogen (secondary N) is 2. The molecule has 3 aromatic carbocycles. The summed E-state index contributed by atoms with van der Waals surface area (Å²) in [6.45, 7) is 2.93. The summed E-state index contributed by atoms with van der Waals surface area (Å²) < 4.78 is 67.0. The zero-order chi connectivity index (χ0) is 28.4. The van der Waals surface area contributed by atoms with E-state index in [0.717, 1.165) is 4.90 Å². The molecule has 5 N–H and O–H groups in total. The van der Waals surface area contributed by atoms with Crippen LogP contribution in [0, 0.1) is 13.8 Å². The molecule has 0 radical (unpaired) electrons. The second-order valence-corrected chi connectivity index (χ2v) is 11.8. The number of hydrogen-bond donors (Lipinski definition) is 5. The maximum absolute atomic E-state index is 11.7. The summed E-state index contributed by atoms with van der Waals surface area (Å²) in [5.74, 6) is 0.962. The van der Waals surface area contributed by atoms with Crippen molar-refractivity contribution in [3.63, 3.8) is 0 Å². The van der Waals surface area contributed by atoms with Gasteiger partial charge < -0.3 is 15.7 Å². The number of fused-ring (bicyclic) bond motifs is 1. The minimum Gasteiger partial charge on any atom is -0.507 e. The van der Waals surface area contributed by atoms with Crippen molar-refractivity contribution in [2.24, 2.45) is 0 Å². The molecule has 1 heterocycles. The van der Waals surface area contributed by atoms with Gasteiger partial charge in [-0.2, -0.15) is 31.8 Å². The van der Waals surface area contributed by atoms with E-state index in [9.17, 15) is 26.5 Å². The molecular weight excluding hydrogens is 570 g/mol. The van der Waals surface area contributed by atoms with Crippen molar-refractivity contribution >= 4 is 66.3 Å². The van der Waals surface area contributed by atoms with Crippen molar-refractivity contribution in [2.45, 2.75) is 23.6 Å². The van der Waals surface area contributed by atoms with Crippen LogP contribution in [0.5, 0.6) is 5.75 Å². The molecule has 0 spiro atoms. The van der Waals surface area contributed by atoms with Crippen molar-refractivity contribution < 1.29 is 35.2 Å². The van der Waals surface area contributed by atoms with Crippen molar-refractivity contribution in [1.82, 2.24) is 15.0 Å². The monoisotopic (exact) mass is 593 g/mol. The van der Waals surface area contributed by atoms with E-state index in [-0.39, 0.29) is 34.7 Å². The highest BCUT2D eigenvalue weighted by Gasteiger charge is 2.19. The van der Waals surface area contributed by atoms with E-state index < -0.39 is 20.5 Å². The summed E-state index contributed by atoms with van der Waals surface area (Å²) in [4.78, 5) is 13.4. The molecule has 4 rings (SSSR count). The number of phenolic OH excluding ortho intramolecular Hbond substituents is 1. The standard InChI is InChI=1S/C23H23N5O8S3/c1-13-20(38(30,31)32)12-15-11-17(5-8-19(15)21(13)29)27-23-25-14(2)24-22(28-23)26-16-3-6-18(7-4-16)37-10-9-36-39(33,34)35/h3-8,11-12,29H,9-10H2,1-2H3,(H,30,31,32)(H,33,34,35)(H2,24,25,26,27,28). The predicted octanol–water partition coefficient (Wildman–Crippen LogP) is 3.99. The molecule has 13 nitrogen and oxygen atoms in total. The van der Waals surface area contributed by atoms with Crippen LogP contribution in [0.25, 0.3) is 10.8 Å². The number of nitrogens with zero attached hydrogens (tertiary/aromatic N) is 3. The fourth-order valence-electron chi connectivity index (χ4n) is 3.60. The highest BCUT2D eigenvalue weighted by atomic mass is 32.3. The van der Waals surface area contributed by atoms with E-state index in [4.69, 9.17) is 4.55 Å². The minimum absolute atomic E-state index is 0.0484. The van der Waals surface area contributed by atoms with Crippen LogP contribution in [-0.2, 0) is 24.7 Å². The molecule has 0 amide bonds. The van der Waals surface area contributed by atoms with Gasteiger partial charge in [0.25, 0.3) is 10.1 Å². The third-order valence-corrected chi connectivity index (χ3v) is 7.71. The van der Waals surface area contributed by atoms with Gasteiger partial charge >= 0.3 is 10.4 Å². The first-order valence-electron chi connectivity index (χ1n) is 11.1. The summed E-state index contributed by atoms with van der Waals surface area (Å²) >= 11 is 1.34. The fraction of sp³-hybridized carbons (Fsp3) is 0.174. The number of hydrogen-bond acceptors (Lipinski definition) is 12. The second kappa shape index (κ2) is 11.3. The summed E-state index contributed by atoms with van der Waals surface area (Å²) in [6.07, 6.45) is 0. The normalized spacial score (nSPS) is 12.0. The number of rotatable bonds is 10. The maximum atomic E-state index is 11.7. The van der Waals surface area contributed by atoms with Crippen LogP contribution < -0.4 is 10.6 Å². The van der Waals surface area contributed by atoms with E-state index in [1.54, 1.807) is 49.4 Å². The molecule has 1 aromatic heterocycles. The van der Waals surface area contributed by atoms with Crippen LogP contribution >= 0.6 is 11.8 Å². The summed E-state index contributed by atoms with van der Waals surface area (Å²) in [5.41, 5.74) is 1.23. The Kier molecular flexibility index (Phi) is 8.24. The predicted molar refractivity (Wildman–Crippen MR) is 146 cm³/mol. The molecule has 39 heavy (non-hydrogen) atoms. The van der Waals surface area contributed by atoms with Crippen molar-refractivity contribution in [3.8, 4) is 5.75 Å². The first kappa shape index (κ1) is 28.5. The van der Waals surface area contributed by atoms with Crippen LogP contribution in [0.15, 0.2) is 58.3 Å². The highest BCUT2D eigenvalue weighted by molar-refractivity contribution is 7.99. The van der Waals surface area contributed by atoms with Gasteiger partial charge in [-0.1, -0.05) is 0 Å². The van der Waals surface area contributed by atoms with Gasteiger partial charge in [0, 0.05) is 33.0 Å². The third kappa shape index (κ3) is 7.53. The highest BCUT2D eigenvalue weighted by Crippen LogP contribution is 2.35. The molecule has 0 aliphatic heterocycles. The fourth-order valence-corrected chi connectivity index (χ4v) is 5.49. The van der Waals surface area contributed by atoms with Crippen LogP contribution in [0.4, 0.5) is 23.3 Å². The lowest BCUT2D eigenvalue weighted by Gasteiger charge is -2.12. The smallest absolute Gasteiger partial charge is 0.397 e. The first-order chi connectivity index (χ1) is 18.3. The molecule has 0 bridgehead atoms. The molecule has 0 saturated heterocycles. The van der Waals surface area contributed by atoms with E-state index in [0.29, 0.717) is 33.7 Å². The average Bonchev–Trinajstić information content (AvgIpc) is 2.83. The van der Waals surface area contributed by atoms with Gasteiger partial charge in [-0.3, -0.25) is 9.11 Å². The lowest BCUT2D eigenvalue weighted by atomic mass is 10.1. The Labute approximate surface area is 228 Å².